The predicted molar refractivity (Wildman–Crippen MR) is 56.7 cm³/mol. The fraction of sp³-hybridized carbons (Fsp3) is 0.300. The monoisotopic (exact) mass is 220 g/mol. The van der Waals surface area contributed by atoms with Crippen LogP contribution in [0.5, 0.6) is 0 Å². The van der Waals surface area contributed by atoms with Gasteiger partial charge < -0.3 is 0 Å². The Hall–Kier alpha value is -1.60. The number of nitrogens with zero attached hydrogens (tertiary/aromatic N) is 4. The number of hydrogen-bond donors (Lipinski definition) is 0. The molecule has 2 aromatic heterocycles. The zero-order chi connectivity index (χ0) is 10.8. The molecule has 0 aliphatic carbocycles. The summed E-state index contributed by atoms with van der Waals surface area (Å²) in [6.07, 6.45) is 3.33. The lowest BCUT2D eigenvalue weighted by atomic mass is 10.2. The summed E-state index contributed by atoms with van der Waals surface area (Å²) in [5.74, 6) is 0. The molecule has 0 atom stereocenters. The first kappa shape index (κ1) is 9.94. The lowest BCUT2D eigenvalue weighted by Crippen LogP contribution is -1.97. The Bertz CT molecular complexity index is 538. The van der Waals surface area contributed by atoms with Crippen LogP contribution in [0.15, 0.2) is 12.3 Å². The minimum absolute atomic E-state index is 0.454. The quantitative estimate of drug-likeness (QED) is 0.730. The van der Waals surface area contributed by atoms with Crippen LogP contribution in [-0.2, 0) is 6.42 Å². The van der Waals surface area contributed by atoms with Gasteiger partial charge in [0.15, 0.2) is 5.65 Å². The molecule has 0 bridgehead atoms. The van der Waals surface area contributed by atoms with Gasteiger partial charge in [-0.1, -0.05) is 24.9 Å². The van der Waals surface area contributed by atoms with Crippen LogP contribution in [0.2, 0.25) is 5.15 Å². The molecule has 2 heterocycles. The van der Waals surface area contributed by atoms with E-state index in [4.69, 9.17) is 16.9 Å². The van der Waals surface area contributed by atoms with Gasteiger partial charge in [-0.25, -0.2) is 9.50 Å². The van der Waals surface area contributed by atoms with Gasteiger partial charge in [0.05, 0.1) is 6.20 Å². The van der Waals surface area contributed by atoms with Gasteiger partial charge in [-0.05, 0) is 12.5 Å². The van der Waals surface area contributed by atoms with Crippen LogP contribution >= 0.6 is 11.6 Å². The topological polar surface area (TPSA) is 54.0 Å². The fourth-order valence-corrected chi connectivity index (χ4v) is 1.69. The number of nitriles is 1. The zero-order valence-electron chi connectivity index (χ0n) is 8.24. The second-order valence-electron chi connectivity index (χ2n) is 3.23. The predicted octanol–water partition coefficient (Wildman–Crippen LogP) is 2.21. The summed E-state index contributed by atoms with van der Waals surface area (Å²) in [6.45, 7) is 2.07. The van der Waals surface area contributed by atoms with Crippen molar-refractivity contribution in [2.24, 2.45) is 0 Å². The molecule has 0 aliphatic rings. The molecule has 0 radical (unpaired) electrons. The SMILES string of the molecule is CCCc1cc(Cl)n2ncc(C#N)c2n1. The first-order valence-electron chi connectivity index (χ1n) is 4.69. The van der Waals surface area contributed by atoms with Crippen molar-refractivity contribution in [1.29, 1.82) is 5.26 Å². The number of rotatable bonds is 2. The molecule has 0 fully saturated rings. The normalized spacial score (nSPS) is 10.5. The molecule has 0 aliphatic heterocycles. The Kier molecular flexibility index (Phi) is 2.57. The van der Waals surface area contributed by atoms with E-state index in [2.05, 4.69) is 17.0 Å². The van der Waals surface area contributed by atoms with E-state index in [-0.39, 0.29) is 0 Å². The fourth-order valence-electron chi connectivity index (χ4n) is 1.44. The van der Waals surface area contributed by atoms with Crippen LogP contribution in [0.1, 0.15) is 24.6 Å². The van der Waals surface area contributed by atoms with Gasteiger partial charge in [-0.3, -0.25) is 0 Å². The van der Waals surface area contributed by atoms with E-state index in [0.717, 1.165) is 18.5 Å². The van der Waals surface area contributed by atoms with Gasteiger partial charge in [0.25, 0.3) is 0 Å². The maximum absolute atomic E-state index is 8.85. The smallest absolute Gasteiger partial charge is 0.174 e. The minimum Gasteiger partial charge on any atom is -0.232 e. The van der Waals surface area contributed by atoms with Crippen LogP contribution in [0.3, 0.4) is 0 Å². The molecule has 0 saturated heterocycles. The lowest BCUT2D eigenvalue weighted by Gasteiger charge is -2.01. The number of hydrogen-bond acceptors (Lipinski definition) is 3. The molecule has 0 unspecified atom stereocenters. The van der Waals surface area contributed by atoms with Crippen molar-refractivity contribution >= 4 is 17.2 Å². The molecule has 2 rings (SSSR count). The van der Waals surface area contributed by atoms with Crippen LogP contribution in [0, 0.1) is 11.3 Å². The third-order valence-electron chi connectivity index (χ3n) is 2.11. The van der Waals surface area contributed by atoms with E-state index in [1.807, 2.05) is 6.07 Å². The Balaban J connectivity index is 2.67. The van der Waals surface area contributed by atoms with Crippen LogP contribution in [0.4, 0.5) is 0 Å². The van der Waals surface area contributed by atoms with Crippen molar-refractivity contribution in [2.45, 2.75) is 19.8 Å². The summed E-state index contributed by atoms with van der Waals surface area (Å²) in [5, 5.41) is 13.3. The van der Waals surface area contributed by atoms with Crippen LogP contribution in [-0.4, -0.2) is 14.6 Å². The second-order valence-corrected chi connectivity index (χ2v) is 3.61. The summed E-state index contributed by atoms with van der Waals surface area (Å²) in [6, 6.07) is 3.83. The highest BCUT2D eigenvalue weighted by Gasteiger charge is 2.09. The van der Waals surface area contributed by atoms with Gasteiger partial charge in [-0.15, -0.1) is 0 Å². The molecular formula is C10H9ClN4. The van der Waals surface area contributed by atoms with Crippen molar-refractivity contribution in [3.8, 4) is 6.07 Å². The van der Waals surface area contributed by atoms with E-state index >= 15 is 0 Å². The summed E-state index contributed by atoms with van der Waals surface area (Å²) in [4.78, 5) is 4.35. The molecule has 0 saturated carbocycles. The summed E-state index contributed by atoms with van der Waals surface area (Å²) in [5.41, 5.74) is 1.88. The molecule has 5 heteroatoms. The van der Waals surface area contributed by atoms with E-state index in [1.54, 1.807) is 6.07 Å². The Morgan fingerprint density at radius 1 is 1.60 bits per heavy atom. The average Bonchev–Trinajstić information content (AvgIpc) is 2.61. The van der Waals surface area contributed by atoms with Crippen molar-refractivity contribution in [3.05, 3.63) is 28.7 Å². The molecule has 15 heavy (non-hydrogen) atoms. The average molecular weight is 221 g/mol. The van der Waals surface area contributed by atoms with Crippen LogP contribution in [0.25, 0.3) is 5.65 Å². The van der Waals surface area contributed by atoms with Crippen molar-refractivity contribution in [3.63, 3.8) is 0 Å². The van der Waals surface area contributed by atoms with Gasteiger partial charge in [0.1, 0.15) is 16.8 Å². The Morgan fingerprint density at radius 2 is 2.40 bits per heavy atom. The maximum Gasteiger partial charge on any atom is 0.174 e. The minimum atomic E-state index is 0.454. The van der Waals surface area contributed by atoms with Gasteiger partial charge in [0.2, 0.25) is 0 Å². The Labute approximate surface area is 92.1 Å². The third-order valence-corrected chi connectivity index (χ3v) is 2.38. The molecule has 0 spiro atoms. The highest BCUT2D eigenvalue weighted by molar-refractivity contribution is 6.29. The summed E-state index contributed by atoms with van der Waals surface area (Å²) >= 11 is 6.02. The summed E-state index contributed by atoms with van der Waals surface area (Å²) in [7, 11) is 0. The summed E-state index contributed by atoms with van der Waals surface area (Å²) < 4.78 is 1.47. The highest BCUT2D eigenvalue weighted by Crippen LogP contribution is 2.16. The van der Waals surface area contributed by atoms with Crippen molar-refractivity contribution < 1.29 is 0 Å². The molecule has 0 aromatic carbocycles. The third kappa shape index (κ3) is 1.66. The number of aromatic nitrogens is 3. The van der Waals surface area contributed by atoms with E-state index in [1.165, 1.54) is 10.7 Å². The van der Waals surface area contributed by atoms with Crippen molar-refractivity contribution in [1.82, 2.24) is 14.6 Å². The molecule has 0 amide bonds. The number of halogens is 1. The van der Waals surface area contributed by atoms with Crippen LogP contribution < -0.4 is 0 Å². The molecule has 2 aromatic rings. The molecular weight excluding hydrogens is 212 g/mol. The van der Waals surface area contributed by atoms with Gasteiger partial charge >= 0.3 is 0 Å². The van der Waals surface area contributed by atoms with E-state index in [0.29, 0.717) is 16.4 Å². The van der Waals surface area contributed by atoms with Gasteiger partial charge in [-0.2, -0.15) is 10.4 Å². The number of fused-ring (bicyclic) bond motifs is 1. The number of aryl methyl sites for hydroxylation is 1. The zero-order valence-corrected chi connectivity index (χ0v) is 8.99. The standard InChI is InChI=1S/C10H9ClN4/c1-2-3-8-4-9(11)15-10(14-8)7(5-12)6-13-15/h4,6H,2-3H2,1H3. The molecule has 4 nitrogen and oxygen atoms in total. The first-order chi connectivity index (χ1) is 7.26. The molecule has 0 N–H and O–H groups in total. The Morgan fingerprint density at radius 3 is 3.07 bits per heavy atom. The van der Waals surface area contributed by atoms with E-state index < -0.39 is 0 Å². The molecule has 76 valence electrons. The van der Waals surface area contributed by atoms with Gasteiger partial charge in [0, 0.05) is 5.69 Å². The lowest BCUT2D eigenvalue weighted by molar-refractivity contribution is 0.858. The van der Waals surface area contributed by atoms with Crippen molar-refractivity contribution in [2.75, 3.05) is 0 Å². The first-order valence-corrected chi connectivity index (χ1v) is 5.07. The maximum atomic E-state index is 8.85. The van der Waals surface area contributed by atoms with E-state index in [9.17, 15) is 0 Å². The largest absolute Gasteiger partial charge is 0.232 e. The second kappa shape index (κ2) is 3.87. The highest BCUT2D eigenvalue weighted by atomic mass is 35.5.